The first-order valence-corrected chi connectivity index (χ1v) is 9.67. The number of amides is 2. The van der Waals surface area contributed by atoms with E-state index in [0.29, 0.717) is 5.82 Å². The van der Waals surface area contributed by atoms with Gasteiger partial charge in [-0.05, 0) is 36.4 Å². The Hall–Kier alpha value is -2.32. The highest BCUT2D eigenvalue weighted by atomic mass is 79.9. The Morgan fingerprint density at radius 1 is 1.08 bits per heavy atom. The van der Waals surface area contributed by atoms with Crippen molar-refractivity contribution in [3.8, 4) is 0 Å². The Bertz CT molecular complexity index is 940. The molecule has 3 rings (SSSR count). The molecule has 0 saturated heterocycles. The van der Waals surface area contributed by atoms with Gasteiger partial charge in [0.15, 0.2) is 0 Å². The van der Waals surface area contributed by atoms with Gasteiger partial charge in [-0.25, -0.2) is 4.98 Å². The number of hydrogen-bond acceptors (Lipinski definition) is 4. The van der Waals surface area contributed by atoms with Gasteiger partial charge in [-0.3, -0.25) is 20.4 Å². The second-order valence-corrected chi connectivity index (χ2v) is 7.56. The van der Waals surface area contributed by atoms with E-state index in [9.17, 15) is 9.59 Å². The predicted molar refractivity (Wildman–Crippen MR) is 106 cm³/mol. The second-order valence-electron chi connectivity index (χ2n) is 5.59. The standard InChI is InChI=1S/C18H17BrN4O2S/c1-23-15-5-3-2-4-14(15)20-16(23)10-17(24)21-22-18(25)11-26-13-8-6-12(19)7-9-13/h2-9H,10-11H2,1H3,(H,21,24)(H,22,25). The monoisotopic (exact) mass is 432 g/mol. The van der Waals surface area contributed by atoms with E-state index in [4.69, 9.17) is 0 Å². The lowest BCUT2D eigenvalue weighted by molar-refractivity contribution is -0.127. The van der Waals surface area contributed by atoms with Crippen LogP contribution in [0, 0.1) is 0 Å². The van der Waals surface area contributed by atoms with E-state index in [2.05, 4.69) is 31.8 Å². The van der Waals surface area contributed by atoms with Gasteiger partial charge in [-0.1, -0.05) is 28.1 Å². The molecule has 0 spiro atoms. The van der Waals surface area contributed by atoms with Gasteiger partial charge in [-0.2, -0.15) is 0 Å². The first-order chi connectivity index (χ1) is 12.5. The molecule has 2 N–H and O–H groups in total. The van der Waals surface area contributed by atoms with Crippen molar-refractivity contribution >= 4 is 50.5 Å². The zero-order valence-electron chi connectivity index (χ0n) is 14.0. The van der Waals surface area contributed by atoms with Crippen LogP contribution in [0.5, 0.6) is 0 Å². The van der Waals surface area contributed by atoms with Crippen LogP contribution in [0.2, 0.25) is 0 Å². The highest BCUT2D eigenvalue weighted by Gasteiger charge is 2.12. The quantitative estimate of drug-likeness (QED) is 0.480. The van der Waals surface area contributed by atoms with Crippen molar-refractivity contribution in [2.24, 2.45) is 7.05 Å². The number of nitrogens with one attached hydrogen (secondary N) is 2. The number of halogens is 1. The van der Waals surface area contributed by atoms with E-state index in [1.807, 2.05) is 60.1 Å². The molecule has 0 saturated carbocycles. The summed E-state index contributed by atoms with van der Waals surface area (Å²) in [6.45, 7) is 0. The van der Waals surface area contributed by atoms with Crippen LogP contribution >= 0.6 is 27.7 Å². The maximum atomic E-state index is 12.1. The van der Waals surface area contributed by atoms with E-state index in [-0.39, 0.29) is 24.0 Å². The number of nitrogens with zero attached hydrogens (tertiary/aromatic N) is 2. The van der Waals surface area contributed by atoms with Crippen molar-refractivity contribution in [2.45, 2.75) is 11.3 Å². The van der Waals surface area contributed by atoms with Gasteiger partial charge in [0.2, 0.25) is 11.8 Å². The van der Waals surface area contributed by atoms with Crippen LogP contribution in [-0.2, 0) is 23.1 Å². The number of aryl methyl sites for hydroxylation is 1. The molecule has 3 aromatic rings. The van der Waals surface area contributed by atoms with Crippen molar-refractivity contribution in [1.82, 2.24) is 20.4 Å². The van der Waals surface area contributed by atoms with Crippen LogP contribution in [0.1, 0.15) is 5.82 Å². The number of hydrazine groups is 1. The number of para-hydroxylation sites is 2. The SMILES string of the molecule is Cn1c(CC(=O)NNC(=O)CSc2ccc(Br)cc2)nc2ccccc21. The average molecular weight is 433 g/mol. The molecule has 1 aromatic heterocycles. The Labute approximate surface area is 163 Å². The number of benzene rings is 2. The normalized spacial score (nSPS) is 10.7. The molecule has 8 heteroatoms. The molecule has 0 radical (unpaired) electrons. The Morgan fingerprint density at radius 2 is 1.77 bits per heavy atom. The summed E-state index contributed by atoms with van der Waals surface area (Å²) in [5.41, 5.74) is 6.67. The number of aromatic nitrogens is 2. The third-order valence-electron chi connectivity index (χ3n) is 3.72. The maximum absolute atomic E-state index is 12.1. The van der Waals surface area contributed by atoms with E-state index in [1.54, 1.807) is 0 Å². The molecule has 6 nitrogen and oxygen atoms in total. The molecule has 2 aromatic carbocycles. The average Bonchev–Trinajstić information content (AvgIpc) is 2.95. The smallest absolute Gasteiger partial charge is 0.248 e. The third kappa shape index (κ3) is 4.64. The minimum absolute atomic E-state index is 0.0886. The van der Waals surface area contributed by atoms with Gasteiger partial charge in [-0.15, -0.1) is 11.8 Å². The Balaban J connectivity index is 1.48. The molecular formula is C18H17BrN4O2S. The summed E-state index contributed by atoms with van der Waals surface area (Å²) in [5, 5.41) is 0. The molecule has 0 fully saturated rings. The number of rotatable bonds is 5. The number of imidazole rings is 1. The van der Waals surface area contributed by atoms with Gasteiger partial charge in [0.1, 0.15) is 5.82 Å². The molecule has 134 valence electrons. The number of carbonyl (C=O) groups excluding carboxylic acids is 2. The lowest BCUT2D eigenvalue weighted by atomic mass is 10.3. The highest BCUT2D eigenvalue weighted by Crippen LogP contribution is 2.20. The zero-order valence-corrected chi connectivity index (χ0v) is 16.4. The maximum Gasteiger partial charge on any atom is 0.248 e. The van der Waals surface area contributed by atoms with E-state index in [1.165, 1.54) is 11.8 Å². The van der Waals surface area contributed by atoms with E-state index >= 15 is 0 Å². The highest BCUT2D eigenvalue weighted by molar-refractivity contribution is 9.10. The predicted octanol–water partition coefficient (Wildman–Crippen LogP) is 2.82. The van der Waals surface area contributed by atoms with Crippen LogP contribution in [0.3, 0.4) is 0 Å². The molecule has 0 unspecified atom stereocenters. The molecule has 1 heterocycles. The summed E-state index contributed by atoms with van der Waals surface area (Å²) in [4.78, 5) is 29.4. The van der Waals surface area contributed by atoms with Crippen LogP contribution in [-0.4, -0.2) is 27.1 Å². The van der Waals surface area contributed by atoms with Crippen molar-refractivity contribution in [2.75, 3.05) is 5.75 Å². The first kappa shape index (κ1) is 18.5. The summed E-state index contributed by atoms with van der Waals surface area (Å²) >= 11 is 4.76. The Kier molecular flexibility index (Phi) is 5.95. The molecule has 0 bridgehead atoms. The molecule has 26 heavy (non-hydrogen) atoms. The fraction of sp³-hybridized carbons (Fsp3) is 0.167. The number of thioether (sulfide) groups is 1. The Morgan fingerprint density at radius 3 is 2.50 bits per heavy atom. The van der Waals surface area contributed by atoms with E-state index < -0.39 is 0 Å². The van der Waals surface area contributed by atoms with Crippen molar-refractivity contribution in [3.63, 3.8) is 0 Å². The van der Waals surface area contributed by atoms with Crippen molar-refractivity contribution in [3.05, 3.63) is 58.8 Å². The molecule has 0 aliphatic heterocycles. The fourth-order valence-electron chi connectivity index (χ4n) is 2.40. The molecular weight excluding hydrogens is 416 g/mol. The third-order valence-corrected chi connectivity index (χ3v) is 5.26. The van der Waals surface area contributed by atoms with Crippen molar-refractivity contribution < 1.29 is 9.59 Å². The number of carbonyl (C=O) groups is 2. The van der Waals surface area contributed by atoms with Gasteiger partial charge in [0.05, 0.1) is 23.2 Å². The molecule has 0 aliphatic rings. The molecule has 0 aliphatic carbocycles. The summed E-state index contributed by atoms with van der Waals surface area (Å²) in [7, 11) is 1.87. The fourth-order valence-corrected chi connectivity index (χ4v) is 3.36. The summed E-state index contributed by atoms with van der Waals surface area (Å²) < 4.78 is 2.86. The van der Waals surface area contributed by atoms with Gasteiger partial charge >= 0.3 is 0 Å². The minimum Gasteiger partial charge on any atom is -0.331 e. The summed E-state index contributed by atoms with van der Waals surface area (Å²) in [6.07, 6.45) is 0.0886. The lowest BCUT2D eigenvalue weighted by Crippen LogP contribution is -2.43. The van der Waals surface area contributed by atoms with Crippen LogP contribution in [0.4, 0.5) is 0 Å². The van der Waals surface area contributed by atoms with Gasteiger partial charge < -0.3 is 4.57 Å². The van der Waals surface area contributed by atoms with E-state index in [0.717, 1.165) is 20.4 Å². The van der Waals surface area contributed by atoms with Crippen LogP contribution in [0.25, 0.3) is 11.0 Å². The topological polar surface area (TPSA) is 76.0 Å². The van der Waals surface area contributed by atoms with Crippen LogP contribution < -0.4 is 10.9 Å². The summed E-state index contributed by atoms with van der Waals surface area (Å²) in [5.74, 6) is 0.276. The number of fused-ring (bicyclic) bond motifs is 1. The largest absolute Gasteiger partial charge is 0.331 e. The lowest BCUT2D eigenvalue weighted by Gasteiger charge is -2.07. The van der Waals surface area contributed by atoms with Crippen LogP contribution in [0.15, 0.2) is 57.9 Å². The van der Waals surface area contributed by atoms with Crippen molar-refractivity contribution in [1.29, 1.82) is 0 Å². The van der Waals surface area contributed by atoms with Gasteiger partial charge in [0.25, 0.3) is 0 Å². The van der Waals surface area contributed by atoms with Gasteiger partial charge in [0, 0.05) is 16.4 Å². The minimum atomic E-state index is -0.314. The molecule has 2 amide bonds. The first-order valence-electron chi connectivity index (χ1n) is 7.89. The zero-order chi connectivity index (χ0) is 18.5. The second kappa shape index (κ2) is 8.37. The summed E-state index contributed by atoms with van der Waals surface area (Å²) in [6, 6.07) is 15.4. The molecule has 0 atom stereocenters. The number of hydrogen-bond donors (Lipinski definition) is 2.